The van der Waals surface area contributed by atoms with E-state index in [1.54, 1.807) is 0 Å². The van der Waals surface area contributed by atoms with Crippen LogP contribution in [0.15, 0.2) is 137 Å². The Morgan fingerprint density at radius 3 is 0.967 bits per heavy atom. The molecule has 0 aliphatic heterocycles. The summed E-state index contributed by atoms with van der Waals surface area (Å²) in [7, 11) is -32.6. The van der Waals surface area contributed by atoms with Crippen molar-refractivity contribution in [3.05, 3.63) is 140 Å². The van der Waals surface area contributed by atoms with E-state index < -0.39 is 181 Å². The van der Waals surface area contributed by atoms with Crippen molar-refractivity contribution >= 4 is 177 Å². The SMILES string of the molecule is O=C1C(=NNc2ccccc2S(=O)(=O)[O-])C(S(=O)(=O)[O-])=Cc2cc(S(=O)(=O)[O-])cc(Nc3nc(Cl)nc(Nc4ccc(Nc5nc(Cl)nc(Nc6cc(S(=O)(=O)[O-])cc7c6C(=O)C(=NNc6ccccc6S(=O)(=O)[O-])C(S(=O)(=O)[O-])=C7)n5)cc4)n3)c21.[K+].[K+].[K+].[K+].[K+].[K+]. The third-order valence-electron chi connectivity index (χ3n) is 11.3. The van der Waals surface area contributed by atoms with Gasteiger partial charge in [0.05, 0.1) is 63.3 Å². The van der Waals surface area contributed by atoms with Crippen LogP contribution in [0.25, 0.3) is 12.2 Å². The van der Waals surface area contributed by atoms with Crippen molar-refractivity contribution in [1.29, 1.82) is 0 Å². The zero-order chi connectivity index (χ0) is 62.6. The van der Waals surface area contributed by atoms with Crippen LogP contribution in [0.2, 0.25) is 10.6 Å². The molecule has 0 bridgehead atoms. The van der Waals surface area contributed by atoms with Crippen molar-refractivity contribution in [1.82, 2.24) is 29.9 Å². The van der Waals surface area contributed by atoms with Crippen LogP contribution in [-0.2, 0) is 60.7 Å². The molecule has 0 spiro atoms. The number of carbonyl (C=O) groups is 2. The number of hydrazone groups is 2. The molecule has 6 N–H and O–H groups in total. The molecule has 0 radical (unpaired) electrons. The predicted octanol–water partition coefficient (Wildman–Crippen LogP) is -14.9. The molecular formula is C44H24Cl2K6N14O20S6. The second-order valence-corrected chi connectivity index (χ2v) is 25.8. The quantitative estimate of drug-likeness (QED) is 0.0264. The Morgan fingerprint density at radius 2 is 0.674 bits per heavy atom. The molecule has 446 valence electrons. The summed E-state index contributed by atoms with van der Waals surface area (Å²) in [5.74, 6) is -4.72. The molecule has 5 aromatic carbocycles. The van der Waals surface area contributed by atoms with Crippen molar-refractivity contribution < 1.29 is 396 Å². The maximum absolute atomic E-state index is 14.1. The summed E-state index contributed by atoms with van der Waals surface area (Å²) in [5, 5.41) is 16.7. The second kappa shape index (κ2) is 35.2. The topological polar surface area (TPSA) is 552 Å². The van der Waals surface area contributed by atoms with Crippen LogP contribution < -0.4 is 340 Å². The first kappa shape index (κ1) is 87.2. The van der Waals surface area contributed by atoms with Gasteiger partial charge in [0.15, 0.2) is 0 Å². The number of halogens is 2. The Kier molecular flexibility index (Phi) is 33.4. The first-order valence-electron chi connectivity index (χ1n) is 22.5. The van der Waals surface area contributed by atoms with Crippen molar-refractivity contribution in [2.24, 2.45) is 10.2 Å². The van der Waals surface area contributed by atoms with Crippen LogP contribution in [0.1, 0.15) is 31.8 Å². The van der Waals surface area contributed by atoms with Gasteiger partial charge in [-0.2, -0.15) is 40.1 Å². The van der Waals surface area contributed by atoms with Gasteiger partial charge in [-0.3, -0.25) is 20.4 Å². The Hall–Kier alpha value is 0.938. The van der Waals surface area contributed by atoms with Gasteiger partial charge in [-0.25, -0.2) is 50.5 Å². The molecule has 2 aliphatic rings. The molecular weight excluding hydrogens is 1540 g/mol. The van der Waals surface area contributed by atoms with E-state index >= 15 is 0 Å². The van der Waals surface area contributed by atoms with Crippen LogP contribution >= 0.6 is 23.2 Å². The summed E-state index contributed by atoms with van der Waals surface area (Å²) in [5.41, 5.74) is -2.73. The van der Waals surface area contributed by atoms with Gasteiger partial charge < -0.3 is 48.6 Å². The number of Topliss-reactive ketones (excluding diaryl/α,β-unsaturated/α-hetero) is 2. The number of anilines is 10. The van der Waals surface area contributed by atoms with E-state index in [9.17, 15) is 87.4 Å². The minimum absolute atomic E-state index is 0. The predicted molar refractivity (Wildman–Crippen MR) is 293 cm³/mol. The van der Waals surface area contributed by atoms with Crippen molar-refractivity contribution in [2.75, 3.05) is 32.1 Å². The number of nitrogens with one attached hydrogen (secondary N) is 6. The number of nitrogens with zero attached hydrogens (tertiary/aromatic N) is 8. The van der Waals surface area contributed by atoms with E-state index in [1.807, 2.05) is 0 Å². The average Bonchev–Trinajstić information content (AvgIpc) is 0.758. The molecule has 7 aromatic rings. The van der Waals surface area contributed by atoms with E-state index in [0.717, 1.165) is 36.4 Å². The van der Waals surface area contributed by atoms with Gasteiger partial charge in [0.1, 0.15) is 72.1 Å². The zero-order valence-electron chi connectivity index (χ0n) is 47.3. The number of aromatic nitrogens is 6. The maximum Gasteiger partial charge on any atom is 1.00 e. The molecule has 9 rings (SSSR count). The van der Waals surface area contributed by atoms with Gasteiger partial charge in [0.25, 0.3) is 0 Å². The number of hydrogen-bond donors (Lipinski definition) is 6. The molecule has 2 aromatic heterocycles. The molecule has 0 fully saturated rings. The fourth-order valence-electron chi connectivity index (χ4n) is 7.81. The van der Waals surface area contributed by atoms with Crippen LogP contribution in [-0.4, -0.2) is 131 Å². The van der Waals surface area contributed by atoms with Gasteiger partial charge in [-0.1, -0.05) is 24.3 Å². The Morgan fingerprint density at radius 1 is 0.370 bits per heavy atom. The van der Waals surface area contributed by atoms with Gasteiger partial charge >= 0.3 is 308 Å². The smallest absolute Gasteiger partial charge is 0.744 e. The number of para-hydroxylation sites is 2. The molecule has 0 amide bonds. The second-order valence-electron chi connectivity index (χ2n) is 17.0. The standard InChI is InChI=1S/C44H30Cl2N14O20S6.6K/c45-39-51-41(55-43(53-39)49-27-17-23(81(63,64)65)13-19-15-31(85(75,76)77)35(37(61)33(19)27)59-57-25-5-1-3-7-29(25)83(69,70)71)47-21-9-11-22(12-10-21)48-42-52-40(46)54-44(56-42)50-28-18-24(82(66,67)68)14-20-16-32(86(78,79)80)36(38(62)34(20)28)60-58-26-6-2-4-8-30(26)84(72,73)74;;;;;;/h1-18,57-58H,(H,63,64,65)(H,66,67,68)(H,69,70,71)(H,72,73,74)(H,75,76,77)(H,78,79,80)(H2,47,49,51,53,55)(H2,48,50,52,54,56);;;;;;/q;6*+1/p-6. The summed E-state index contributed by atoms with van der Waals surface area (Å²) in [6.07, 6.45) is 1.01. The van der Waals surface area contributed by atoms with E-state index in [2.05, 4.69) is 72.2 Å². The van der Waals surface area contributed by atoms with Crippen LogP contribution in [0.5, 0.6) is 0 Å². The van der Waals surface area contributed by atoms with E-state index in [1.165, 1.54) is 36.4 Å². The number of rotatable bonds is 18. The first-order valence-corrected chi connectivity index (χ1v) is 31.7. The van der Waals surface area contributed by atoms with Crippen LogP contribution in [0.3, 0.4) is 0 Å². The molecule has 2 heterocycles. The zero-order valence-corrected chi connectivity index (χ0v) is 72.5. The normalized spacial score (nSPS) is 13.9. The monoisotopic (exact) mass is 1560 g/mol. The average molecular weight is 1570 g/mol. The van der Waals surface area contributed by atoms with Crippen LogP contribution in [0, 0.1) is 0 Å². The molecule has 0 atom stereocenters. The summed E-state index contributed by atoms with van der Waals surface area (Å²) >= 11 is 12.4. The van der Waals surface area contributed by atoms with Crippen molar-refractivity contribution in [3.8, 4) is 0 Å². The maximum atomic E-state index is 14.1. The fraction of sp³-hybridized carbons (Fsp3) is 0. The van der Waals surface area contributed by atoms with Gasteiger partial charge in [-0.15, -0.1) is 0 Å². The summed E-state index contributed by atoms with van der Waals surface area (Å²) < 4.78 is 220. The molecule has 34 nitrogen and oxygen atoms in total. The first-order chi connectivity index (χ1) is 40.0. The number of hydrogen-bond acceptors (Lipinski definition) is 34. The summed E-state index contributed by atoms with van der Waals surface area (Å²) in [6.45, 7) is 0. The summed E-state index contributed by atoms with van der Waals surface area (Å²) in [6, 6.07) is 16.5. The van der Waals surface area contributed by atoms with E-state index in [4.69, 9.17) is 23.2 Å². The van der Waals surface area contributed by atoms with E-state index in [-0.39, 0.29) is 332 Å². The van der Waals surface area contributed by atoms with Gasteiger partial charge in [0.2, 0.25) is 45.9 Å². The fourth-order valence-corrected chi connectivity index (χ4v) is 11.7. The number of allylic oxidation sites excluding steroid dienone is 2. The number of benzene rings is 5. The minimum Gasteiger partial charge on any atom is -0.744 e. The molecule has 0 unspecified atom stereocenters. The summed E-state index contributed by atoms with van der Waals surface area (Å²) in [4.78, 5) is 45.6. The third-order valence-corrected chi connectivity index (χ3v) is 16.8. The molecule has 0 saturated carbocycles. The number of ketones is 2. The largest absolute Gasteiger partial charge is 1.00 e. The molecule has 0 saturated heterocycles. The van der Waals surface area contributed by atoms with Crippen LogP contribution in [0.4, 0.5) is 57.9 Å². The number of carbonyl (C=O) groups excluding carboxylic acids is 2. The molecule has 92 heavy (non-hydrogen) atoms. The Labute approximate surface area is 786 Å². The number of fused-ring (bicyclic) bond motifs is 2. The van der Waals surface area contributed by atoms with Crippen molar-refractivity contribution in [3.63, 3.8) is 0 Å². The Balaban J connectivity index is 0.00000368. The van der Waals surface area contributed by atoms with Crippen molar-refractivity contribution in [2.45, 2.75) is 19.6 Å². The van der Waals surface area contributed by atoms with Gasteiger partial charge in [-0.05, 0) is 119 Å². The molecule has 2 aliphatic carbocycles. The van der Waals surface area contributed by atoms with E-state index in [0.29, 0.717) is 36.4 Å². The minimum atomic E-state index is -5.68. The van der Waals surface area contributed by atoms with Gasteiger partial charge in [0, 0.05) is 11.4 Å². The Bertz CT molecular complexity index is 4690. The third kappa shape index (κ3) is 22.0. The molecule has 48 heteroatoms.